The lowest BCUT2D eigenvalue weighted by Crippen LogP contribution is -2.16. The van der Waals surface area contributed by atoms with Crippen LogP contribution in [-0.4, -0.2) is 21.9 Å². The van der Waals surface area contributed by atoms with Crippen molar-refractivity contribution in [3.8, 4) is 11.5 Å². The summed E-state index contributed by atoms with van der Waals surface area (Å²) in [7, 11) is 0. The SMILES string of the molecule is Cc1cccc(C(C)C)c1NC(=O)CSc1nnc(-c2ccccc2F)o1. The Hall–Kier alpha value is -2.67. The van der Waals surface area contributed by atoms with Crippen molar-refractivity contribution in [1.82, 2.24) is 10.2 Å². The summed E-state index contributed by atoms with van der Waals surface area (Å²) in [5.74, 6) is -0.0905. The van der Waals surface area contributed by atoms with Crippen molar-refractivity contribution in [2.24, 2.45) is 0 Å². The number of aryl methyl sites for hydroxylation is 1. The van der Waals surface area contributed by atoms with E-state index in [1.807, 2.05) is 25.1 Å². The van der Waals surface area contributed by atoms with Gasteiger partial charge in [-0.1, -0.05) is 55.9 Å². The molecule has 0 aliphatic rings. The molecule has 0 fully saturated rings. The molecule has 140 valence electrons. The van der Waals surface area contributed by atoms with Gasteiger partial charge >= 0.3 is 0 Å². The van der Waals surface area contributed by atoms with Crippen LogP contribution in [0.4, 0.5) is 10.1 Å². The zero-order chi connectivity index (χ0) is 19.4. The maximum Gasteiger partial charge on any atom is 0.277 e. The third-order valence-electron chi connectivity index (χ3n) is 4.03. The molecule has 0 atom stereocenters. The topological polar surface area (TPSA) is 68.0 Å². The van der Waals surface area contributed by atoms with Crippen molar-refractivity contribution in [2.45, 2.75) is 31.9 Å². The van der Waals surface area contributed by atoms with Gasteiger partial charge in [0, 0.05) is 5.69 Å². The summed E-state index contributed by atoms with van der Waals surface area (Å²) >= 11 is 1.11. The molecule has 5 nitrogen and oxygen atoms in total. The van der Waals surface area contributed by atoms with Crippen LogP contribution in [0, 0.1) is 12.7 Å². The van der Waals surface area contributed by atoms with Crippen molar-refractivity contribution < 1.29 is 13.6 Å². The van der Waals surface area contributed by atoms with E-state index < -0.39 is 5.82 Å². The van der Waals surface area contributed by atoms with Gasteiger partial charge in [0.1, 0.15) is 5.82 Å². The molecule has 2 aromatic carbocycles. The molecule has 0 saturated carbocycles. The molecule has 1 aromatic heterocycles. The molecule has 0 aliphatic carbocycles. The third kappa shape index (κ3) is 4.54. The van der Waals surface area contributed by atoms with Crippen LogP contribution >= 0.6 is 11.8 Å². The molecule has 0 saturated heterocycles. The molecule has 27 heavy (non-hydrogen) atoms. The Morgan fingerprint density at radius 3 is 2.70 bits per heavy atom. The predicted octanol–water partition coefficient (Wildman–Crippen LogP) is 5.04. The maximum absolute atomic E-state index is 13.8. The second-order valence-electron chi connectivity index (χ2n) is 6.38. The minimum absolute atomic E-state index is 0.0945. The van der Waals surface area contributed by atoms with E-state index in [0.29, 0.717) is 5.92 Å². The lowest BCUT2D eigenvalue weighted by molar-refractivity contribution is -0.113. The standard InChI is InChI=1S/C20H20FN3O2S/c1-12(2)14-9-6-7-13(3)18(14)22-17(25)11-27-20-24-23-19(26-20)15-8-4-5-10-16(15)21/h4-10,12H,11H2,1-3H3,(H,22,25). The number of rotatable bonds is 6. The number of hydrogen-bond donors (Lipinski definition) is 1. The van der Waals surface area contributed by atoms with Crippen molar-refractivity contribution in [1.29, 1.82) is 0 Å². The fourth-order valence-electron chi connectivity index (χ4n) is 2.66. The molecule has 3 aromatic rings. The number of carbonyl (C=O) groups is 1. The van der Waals surface area contributed by atoms with Crippen LogP contribution in [0.15, 0.2) is 52.1 Å². The summed E-state index contributed by atoms with van der Waals surface area (Å²) in [5, 5.41) is 10.9. The number of anilines is 1. The van der Waals surface area contributed by atoms with Gasteiger partial charge in [-0.2, -0.15) is 0 Å². The van der Waals surface area contributed by atoms with E-state index in [-0.39, 0.29) is 28.3 Å². The van der Waals surface area contributed by atoms with E-state index in [9.17, 15) is 9.18 Å². The summed E-state index contributed by atoms with van der Waals surface area (Å²) in [6.07, 6.45) is 0. The molecule has 0 aliphatic heterocycles. The molecule has 1 N–H and O–H groups in total. The Kier molecular flexibility index (Phi) is 5.91. The summed E-state index contributed by atoms with van der Waals surface area (Å²) in [4.78, 5) is 12.4. The molecule has 7 heteroatoms. The van der Waals surface area contributed by atoms with Gasteiger partial charge in [-0.05, 0) is 36.1 Å². The minimum atomic E-state index is -0.434. The Morgan fingerprint density at radius 2 is 1.96 bits per heavy atom. The van der Waals surface area contributed by atoms with Crippen LogP contribution < -0.4 is 5.32 Å². The molecule has 0 unspecified atom stereocenters. The van der Waals surface area contributed by atoms with E-state index in [1.54, 1.807) is 18.2 Å². The maximum atomic E-state index is 13.8. The van der Waals surface area contributed by atoms with Crippen molar-refractivity contribution in [2.75, 3.05) is 11.1 Å². The molecule has 0 spiro atoms. The smallest absolute Gasteiger partial charge is 0.277 e. The van der Waals surface area contributed by atoms with E-state index in [1.165, 1.54) is 6.07 Å². The fraction of sp³-hybridized carbons (Fsp3) is 0.250. The number of benzene rings is 2. The van der Waals surface area contributed by atoms with Crippen LogP contribution in [0.2, 0.25) is 0 Å². The second kappa shape index (κ2) is 8.35. The molecular weight excluding hydrogens is 365 g/mol. The van der Waals surface area contributed by atoms with E-state index in [2.05, 4.69) is 29.4 Å². The first-order valence-corrected chi connectivity index (χ1v) is 9.55. The highest BCUT2D eigenvalue weighted by Crippen LogP contribution is 2.28. The van der Waals surface area contributed by atoms with Gasteiger partial charge in [0.05, 0.1) is 11.3 Å². The van der Waals surface area contributed by atoms with Gasteiger partial charge in [-0.15, -0.1) is 10.2 Å². The number of nitrogens with zero attached hydrogens (tertiary/aromatic N) is 2. The summed E-state index contributed by atoms with van der Waals surface area (Å²) in [5.41, 5.74) is 3.19. The van der Waals surface area contributed by atoms with E-state index >= 15 is 0 Å². The number of carbonyl (C=O) groups excluding carboxylic acids is 1. The Balaban J connectivity index is 1.65. The Labute approximate surface area is 161 Å². The fourth-order valence-corrected chi connectivity index (χ4v) is 3.22. The lowest BCUT2D eigenvalue weighted by Gasteiger charge is -2.16. The van der Waals surface area contributed by atoms with Gasteiger partial charge in [0.25, 0.3) is 11.1 Å². The van der Waals surface area contributed by atoms with E-state index in [4.69, 9.17) is 4.42 Å². The average molecular weight is 385 g/mol. The number of nitrogens with one attached hydrogen (secondary N) is 1. The predicted molar refractivity (Wildman–Crippen MR) is 104 cm³/mol. The molecule has 0 bridgehead atoms. The molecule has 3 rings (SSSR count). The molecule has 1 amide bonds. The molecular formula is C20H20FN3O2S. The number of thioether (sulfide) groups is 1. The van der Waals surface area contributed by atoms with Crippen LogP contribution in [0.1, 0.15) is 30.9 Å². The quantitative estimate of drug-likeness (QED) is 0.602. The summed E-state index contributed by atoms with van der Waals surface area (Å²) in [6, 6.07) is 12.1. The van der Waals surface area contributed by atoms with Gasteiger partial charge in [-0.3, -0.25) is 4.79 Å². The van der Waals surface area contributed by atoms with Gasteiger partial charge in [-0.25, -0.2) is 4.39 Å². The van der Waals surface area contributed by atoms with Crippen LogP contribution in [-0.2, 0) is 4.79 Å². The summed E-state index contributed by atoms with van der Waals surface area (Å²) in [6.45, 7) is 6.14. The minimum Gasteiger partial charge on any atom is -0.411 e. The van der Waals surface area contributed by atoms with Crippen LogP contribution in [0.5, 0.6) is 0 Å². The van der Waals surface area contributed by atoms with Gasteiger partial charge in [0.15, 0.2) is 0 Å². The van der Waals surface area contributed by atoms with Crippen LogP contribution in [0.25, 0.3) is 11.5 Å². The number of aromatic nitrogens is 2. The largest absolute Gasteiger partial charge is 0.411 e. The first-order chi connectivity index (χ1) is 13.0. The Bertz CT molecular complexity index is 956. The van der Waals surface area contributed by atoms with Gasteiger partial charge < -0.3 is 9.73 Å². The molecule has 0 radical (unpaired) electrons. The van der Waals surface area contributed by atoms with Crippen molar-refractivity contribution >= 4 is 23.4 Å². The zero-order valence-electron chi connectivity index (χ0n) is 15.3. The monoisotopic (exact) mass is 385 g/mol. The van der Waals surface area contributed by atoms with E-state index in [0.717, 1.165) is 28.6 Å². The number of amides is 1. The Morgan fingerprint density at radius 1 is 1.19 bits per heavy atom. The van der Waals surface area contributed by atoms with Crippen molar-refractivity contribution in [3.05, 3.63) is 59.4 Å². The second-order valence-corrected chi connectivity index (χ2v) is 7.31. The van der Waals surface area contributed by atoms with Crippen molar-refractivity contribution in [3.63, 3.8) is 0 Å². The highest BCUT2D eigenvalue weighted by molar-refractivity contribution is 7.99. The highest BCUT2D eigenvalue weighted by Gasteiger charge is 2.16. The number of halogens is 1. The first-order valence-electron chi connectivity index (χ1n) is 8.56. The zero-order valence-corrected chi connectivity index (χ0v) is 16.1. The first kappa shape index (κ1) is 19.1. The lowest BCUT2D eigenvalue weighted by atomic mass is 9.98. The third-order valence-corrected chi connectivity index (χ3v) is 4.85. The average Bonchev–Trinajstić information content (AvgIpc) is 3.10. The highest BCUT2D eigenvalue weighted by atomic mass is 32.2. The van der Waals surface area contributed by atoms with Gasteiger partial charge in [0.2, 0.25) is 5.91 Å². The molecule has 1 heterocycles. The summed E-state index contributed by atoms with van der Waals surface area (Å²) < 4.78 is 19.2. The normalized spacial score (nSPS) is 11.0. The number of hydrogen-bond acceptors (Lipinski definition) is 5. The van der Waals surface area contributed by atoms with Crippen LogP contribution in [0.3, 0.4) is 0 Å². The number of para-hydroxylation sites is 1.